The maximum atomic E-state index is 13.5. The van der Waals surface area contributed by atoms with Gasteiger partial charge in [0.25, 0.3) is 0 Å². The average Bonchev–Trinajstić information content (AvgIpc) is 3.34. The normalized spacial score (nSPS) is 24.7. The van der Waals surface area contributed by atoms with Gasteiger partial charge >= 0.3 is 0 Å². The zero-order valence-electron chi connectivity index (χ0n) is 19.9. The van der Waals surface area contributed by atoms with Crippen molar-refractivity contribution in [3.8, 4) is 0 Å². The van der Waals surface area contributed by atoms with Crippen LogP contribution in [0.15, 0.2) is 30.3 Å². The molecule has 1 aromatic carbocycles. The lowest BCUT2D eigenvalue weighted by Gasteiger charge is -2.35. The van der Waals surface area contributed by atoms with Crippen LogP contribution in [0, 0.1) is 11.8 Å². The lowest BCUT2D eigenvalue weighted by Crippen LogP contribution is -2.58. The summed E-state index contributed by atoms with van der Waals surface area (Å²) >= 11 is 0. The second-order valence-electron chi connectivity index (χ2n) is 10.2. The molecule has 1 aliphatic heterocycles. The van der Waals surface area contributed by atoms with E-state index in [1.165, 1.54) is 0 Å². The number of nitrogens with two attached hydrogens (primary N) is 1. The minimum atomic E-state index is -0.672. The Labute approximate surface area is 191 Å². The van der Waals surface area contributed by atoms with Crippen LogP contribution in [0.2, 0.25) is 0 Å². The highest BCUT2D eigenvalue weighted by molar-refractivity contribution is 5.90. The summed E-state index contributed by atoms with van der Waals surface area (Å²) in [6.07, 6.45) is 2.77. The molecule has 0 radical (unpaired) electrons. The quantitative estimate of drug-likeness (QED) is 0.600. The molecule has 1 heterocycles. The van der Waals surface area contributed by atoms with Gasteiger partial charge in [0.2, 0.25) is 17.7 Å². The van der Waals surface area contributed by atoms with Crippen LogP contribution < -0.4 is 16.4 Å². The van der Waals surface area contributed by atoms with Gasteiger partial charge in [0, 0.05) is 12.6 Å². The number of nitrogens with one attached hydrogen (secondary N) is 2. The first-order chi connectivity index (χ1) is 15.0. The monoisotopic (exact) mass is 442 g/mol. The van der Waals surface area contributed by atoms with E-state index in [2.05, 4.69) is 10.6 Å². The maximum absolute atomic E-state index is 13.5. The van der Waals surface area contributed by atoms with Crippen molar-refractivity contribution >= 4 is 17.7 Å². The van der Waals surface area contributed by atoms with E-state index >= 15 is 0 Å². The number of amides is 3. The molecule has 2 fully saturated rings. The molecule has 7 nitrogen and oxygen atoms in total. The SMILES string of the molecule is CC(C)[C@H](NC(=O)[C@H](C)N)C(=O)N1CCC2CCC(NC(=O)C(C)(C)c3ccccc3)C21. The smallest absolute Gasteiger partial charge is 0.245 e. The second kappa shape index (κ2) is 9.61. The van der Waals surface area contributed by atoms with E-state index in [0.29, 0.717) is 12.5 Å². The fourth-order valence-electron chi connectivity index (χ4n) is 5.03. The van der Waals surface area contributed by atoms with E-state index in [1.807, 2.05) is 62.9 Å². The Morgan fingerprint density at radius 2 is 1.72 bits per heavy atom. The van der Waals surface area contributed by atoms with Gasteiger partial charge in [0.15, 0.2) is 0 Å². The van der Waals surface area contributed by atoms with Gasteiger partial charge in [0.1, 0.15) is 6.04 Å². The molecule has 0 bridgehead atoms. The van der Waals surface area contributed by atoms with Crippen molar-refractivity contribution in [1.29, 1.82) is 0 Å². The summed E-state index contributed by atoms with van der Waals surface area (Å²) in [5, 5.41) is 6.09. The third kappa shape index (κ3) is 4.82. The van der Waals surface area contributed by atoms with E-state index in [1.54, 1.807) is 6.92 Å². The molecule has 3 unspecified atom stereocenters. The van der Waals surface area contributed by atoms with Crippen LogP contribution in [0.3, 0.4) is 0 Å². The number of rotatable bonds is 7. The van der Waals surface area contributed by atoms with Crippen molar-refractivity contribution in [2.45, 2.75) is 83.5 Å². The van der Waals surface area contributed by atoms with Gasteiger partial charge in [-0.2, -0.15) is 0 Å². The number of carbonyl (C=O) groups excluding carboxylic acids is 3. The fraction of sp³-hybridized carbons (Fsp3) is 0.640. The first kappa shape index (κ1) is 24.2. The summed E-state index contributed by atoms with van der Waals surface area (Å²) in [5.41, 5.74) is 6.00. The molecule has 1 aliphatic carbocycles. The highest BCUT2D eigenvalue weighted by Crippen LogP contribution is 2.39. The number of likely N-dealkylation sites (tertiary alicyclic amines) is 1. The van der Waals surface area contributed by atoms with Crippen LogP contribution in [0.4, 0.5) is 0 Å². The van der Waals surface area contributed by atoms with Gasteiger partial charge in [-0.25, -0.2) is 0 Å². The molecular weight excluding hydrogens is 404 g/mol. The van der Waals surface area contributed by atoms with Gasteiger partial charge in [-0.3, -0.25) is 14.4 Å². The Morgan fingerprint density at radius 3 is 2.31 bits per heavy atom. The molecule has 1 saturated carbocycles. The predicted octanol–water partition coefficient (Wildman–Crippen LogP) is 1.95. The van der Waals surface area contributed by atoms with Crippen molar-refractivity contribution in [2.24, 2.45) is 17.6 Å². The summed E-state index contributed by atoms with van der Waals surface area (Å²) in [5.74, 6) is -0.116. The van der Waals surface area contributed by atoms with E-state index < -0.39 is 17.5 Å². The van der Waals surface area contributed by atoms with Crippen LogP contribution >= 0.6 is 0 Å². The Bertz CT molecular complexity index is 837. The zero-order valence-corrected chi connectivity index (χ0v) is 19.9. The molecule has 5 atom stereocenters. The molecular formula is C25H38N4O3. The van der Waals surface area contributed by atoms with Crippen LogP contribution in [-0.4, -0.2) is 53.3 Å². The Balaban J connectivity index is 1.75. The third-order valence-corrected chi connectivity index (χ3v) is 7.15. The van der Waals surface area contributed by atoms with Crippen molar-refractivity contribution in [3.63, 3.8) is 0 Å². The molecule has 4 N–H and O–H groups in total. The van der Waals surface area contributed by atoms with E-state index in [4.69, 9.17) is 5.73 Å². The number of benzene rings is 1. The molecule has 1 aromatic rings. The summed E-state index contributed by atoms with van der Waals surface area (Å²) in [4.78, 5) is 40.8. The van der Waals surface area contributed by atoms with E-state index in [-0.39, 0.29) is 35.7 Å². The molecule has 0 spiro atoms. The minimum Gasteiger partial charge on any atom is -0.351 e. The lowest BCUT2D eigenvalue weighted by atomic mass is 9.83. The zero-order chi connectivity index (χ0) is 23.6. The van der Waals surface area contributed by atoms with Crippen molar-refractivity contribution in [1.82, 2.24) is 15.5 Å². The van der Waals surface area contributed by atoms with Gasteiger partial charge < -0.3 is 21.3 Å². The first-order valence-electron chi connectivity index (χ1n) is 11.8. The predicted molar refractivity (Wildman–Crippen MR) is 125 cm³/mol. The maximum Gasteiger partial charge on any atom is 0.245 e. The summed E-state index contributed by atoms with van der Waals surface area (Å²) in [7, 11) is 0. The van der Waals surface area contributed by atoms with Gasteiger partial charge in [-0.15, -0.1) is 0 Å². The van der Waals surface area contributed by atoms with Crippen LogP contribution in [0.1, 0.15) is 59.4 Å². The minimum absolute atomic E-state index is 0.0284. The molecule has 3 amide bonds. The van der Waals surface area contributed by atoms with Crippen LogP contribution in [0.5, 0.6) is 0 Å². The molecule has 0 aromatic heterocycles. The van der Waals surface area contributed by atoms with Crippen molar-refractivity contribution in [2.75, 3.05) is 6.54 Å². The number of fused-ring (bicyclic) bond motifs is 1. The topological polar surface area (TPSA) is 105 Å². The van der Waals surface area contributed by atoms with Crippen molar-refractivity contribution in [3.05, 3.63) is 35.9 Å². The number of nitrogens with zero attached hydrogens (tertiary/aromatic N) is 1. The fourth-order valence-corrected chi connectivity index (χ4v) is 5.03. The Kier molecular flexibility index (Phi) is 7.28. The highest BCUT2D eigenvalue weighted by atomic mass is 16.2. The Hall–Kier alpha value is -2.41. The highest BCUT2D eigenvalue weighted by Gasteiger charge is 2.49. The van der Waals surface area contributed by atoms with Gasteiger partial charge in [-0.1, -0.05) is 44.2 Å². The van der Waals surface area contributed by atoms with Crippen LogP contribution in [-0.2, 0) is 19.8 Å². The lowest BCUT2D eigenvalue weighted by molar-refractivity contribution is -0.139. The number of hydrogen-bond acceptors (Lipinski definition) is 4. The average molecular weight is 443 g/mol. The van der Waals surface area contributed by atoms with Crippen LogP contribution in [0.25, 0.3) is 0 Å². The molecule has 7 heteroatoms. The molecule has 3 rings (SSSR count). The summed E-state index contributed by atoms with van der Waals surface area (Å²) in [6, 6.07) is 8.35. The number of hydrogen-bond donors (Lipinski definition) is 3. The van der Waals surface area contributed by atoms with Gasteiger partial charge in [0.05, 0.1) is 17.5 Å². The standard InChI is InChI=1S/C25H38N4O3/c1-15(2)20(28-22(30)16(3)26)23(31)29-14-13-17-11-12-19(21(17)29)27-24(32)25(4,5)18-9-7-6-8-10-18/h6-10,15-17,19-21H,11-14,26H2,1-5H3,(H,27,32)(H,28,30)/t16-,17?,19?,20-,21?/m0/s1. The third-order valence-electron chi connectivity index (χ3n) is 7.15. The molecule has 32 heavy (non-hydrogen) atoms. The molecule has 2 aliphatic rings. The largest absolute Gasteiger partial charge is 0.351 e. The second-order valence-corrected chi connectivity index (χ2v) is 10.2. The first-order valence-corrected chi connectivity index (χ1v) is 11.8. The summed E-state index contributed by atoms with van der Waals surface area (Å²) in [6.45, 7) is 9.97. The summed E-state index contributed by atoms with van der Waals surface area (Å²) < 4.78 is 0. The van der Waals surface area contributed by atoms with Gasteiger partial charge in [-0.05, 0) is 57.4 Å². The van der Waals surface area contributed by atoms with Crippen molar-refractivity contribution < 1.29 is 14.4 Å². The Morgan fingerprint density at radius 1 is 1.06 bits per heavy atom. The van der Waals surface area contributed by atoms with E-state index in [9.17, 15) is 14.4 Å². The molecule has 1 saturated heterocycles. The van der Waals surface area contributed by atoms with E-state index in [0.717, 1.165) is 24.8 Å². The molecule has 176 valence electrons. The number of carbonyl (C=O) groups is 3.